The molecule has 0 radical (unpaired) electrons. The van der Waals surface area contributed by atoms with E-state index in [0.717, 1.165) is 17.7 Å². The number of nitrogens with two attached hydrogens (primary N) is 1. The van der Waals surface area contributed by atoms with Crippen LogP contribution in [0.4, 0.5) is 14.5 Å². The van der Waals surface area contributed by atoms with E-state index in [0.29, 0.717) is 5.69 Å². The average Bonchev–Trinajstić information content (AvgIpc) is 2.51. The first kappa shape index (κ1) is 14.8. The topological polar surface area (TPSA) is 70.6 Å². The Morgan fingerprint density at radius 3 is 2.48 bits per heavy atom. The Morgan fingerprint density at radius 2 is 1.86 bits per heavy atom. The van der Waals surface area contributed by atoms with Crippen molar-refractivity contribution in [2.24, 2.45) is 10.9 Å². The van der Waals surface area contributed by atoms with E-state index in [4.69, 9.17) is 10.9 Å². The molecule has 0 aliphatic heterocycles. The number of hydrogen-bond acceptors (Lipinski definition) is 3. The van der Waals surface area contributed by atoms with E-state index in [1.807, 2.05) is 30.3 Å². The molecule has 0 aromatic heterocycles. The fourth-order valence-electron chi connectivity index (χ4n) is 1.97. The SMILES string of the molecule is NC(=NO)C(CNc1ccc(F)c(F)c1)c1ccccc1. The predicted octanol–water partition coefficient (Wildman–Crippen LogP) is 2.91. The third kappa shape index (κ3) is 3.68. The molecule has 2 aromatic carbocycles. The van der Waals surface area contributed by atoms with E-state index in [9.17, 15) is 8.78 Å². The van der Waals surface area contributed by atoms with Crippen molar-refractivity contribution in [3.05, 3.63) is 65.7 Å². The molecular formula is C15H15F2N3O. The lowest BCUT2D eigenvalue weighted by Crippen LogP contribution is -2.28. The molecule has 4 nitrogen and oxygen atoms in total. The van der Waals surface area contributed by atoms with Gasteiger partial charge in [-0.2, -0.15) is 0 Å². The summed E-state index contributed by atoms with van der Waals surface area (Å²) in [5.41, 5.74) is 6.96. The zero-order valence-corrected chi connectivity index (χ0v) is 11.1. The van der Waals surface area contributed by atoms with Crippen LogP contribution in [0.25, 0.3) is 0 Å². The molecule has 0 aliphatic rings. The quantitative estimate of drug-likeness (QED) is 0.343. The van der Waals surface area contributed by atoms with Crippen molar-refractivity contribution >= 4 is 11.5 Å². The highest BCUT2D eigenvalue weighted by atomic mass is 19.2. The van der Waals surface area contributed by atoms with Gasteiger partial charge in [0.15, 0.2) is 11.6 Å². The molecule has 0 fully saturated rings. The third-order valence-corrected chi connectivity index (χ3v) is 3.10. The van der Waals surface area contributed by atoms with Gasteiger partial charge < -0.3 is 16.3 Å². The molecule has 2 rings (SSSR count). The van der Waals surface area contributed by atoms with Gasteiger partial charge in [0.25, 0.3) is 0 Å². The summed E-state index contributed by atoms with van der Waals surface area (Å²) in [6.07, 6.45) is 0. The standard InChI is InChI=1S/C15H15F2N3O/c16-13-7-6-11(8-14(13)17)19-9-12(15(18)20-21)10-4-2-1-3-5-10/h1-8,12,19,21H,9H2,(H2,18,20). The highest BCUT2D eigenvalue weighted by molar-refractivity contribution is 5.87. The summed E-state index contributed by atoms with van der Waals surface area (Å²) in [6, 6.07) is 12.7. The smallest absolute Gasteiger partial charge is 0.160 e. The minimum atomic E-state index is -0.931. The molecule has 0 bridgehead atoms. The first-order chi connectivity index (χ1) is 10.1. The van der Waals surface area contributed by atoms with E-state index < -0.39 is 11.6 Å². The van der Waals surface area contributed by atoms with Crippen molar-refractivity contribution in [1.82, 2.24) is 0 Å². The van der Waals surface area contributed by atoms with Crippen molar-refractivity contribution in [2.45, 2.75) is 5.92 Å². The van der Waals surface area contributed by atoms with Gasteiger partial charge in [-0.3, -0.25) is 0 Å². The molecular weight excluding hydrogens is 276 g/mol. The number of rotatable bonds is 5. The highest BCUT2D eigenvalue weighted by Gasteiger charge is 2.16. The van der Waals surface area contributed by atoms with Crippen LogP contribution in [0.1, 0.15) is 11.5 Å². The normalized spacial score (nSPS) is 13.0. The zero-order chi connectivity index (χ0) is 15.2. The van der Waals surface area contributed by atoms with Gasteiger partial charge in [-0.05, 0) is 23.8 Å². The summed E-state index contributed by atoms with van der Waals surface area (Å²) >= 11 is 0. The number of halogens is 2. The minimum absolute atomic E-state index is 0.0382. The van der Waals surface area contributed by atoms with Crippen molar-refractivity contribution < 1.29 is 14.0 Å². The second-order valence-electron chi connectivity index (χ2n) is 4.50. The summed E-state index contributed by atoms with van der Waals surface area (Å²) in [7, 11) is 0. The van der Waals surface area contributed by atoms with E-state index in [-0.39, 0.29) is 18.3 Å². The Morgan fingerprint density at radius 1 is 1.14 bits per heavy atom. The predicted molar refractivity (Wildman–Crippen MR) is 77.4 cm³/mol. The first-order valence-electron chi connectivity index (χ1n) is 6.33. The van der Waals surface area contributed by atoms with E-state index >= 15 is 0 Å². The number of amidine groups is 1. The average molecular weight is 291 g/mol. The molecule has 0 amide bonds. The molecule has 0 spiro atoms. The van der Waals surface area contributed by atoms with Gasteiger partial charge in [0, 0.05) is 12.2 Å². The maximum absolute atomic E-state index is 13.1. The molecule has 2 aromatic rings. The number of oxime groups is 1. The maximum Gasteiger partial charge on any atom is 0.160 e. The Labute approximate surface area is 120 Å². The summed E-state index contributed by atoms with van der Waals surface area (Å²) in [4.78, 5) is 0. The highest BCUT2D eigenvalue weighted by Crippen LogP contribution is 2.18. The van der Waals surface area contributed by atoms with E-state index in [1.165, 1.54) is 6.07 Å². The van der Waals surface area contributed by atoms with Gasteiger partial charge >= 0.3 is 0 Å². The van der Waals surface area contributed by atoms with E-state index in [2.05, 4.69) is 10.5 Å². The number of anilines is 1. The van der Waals surface area contributed by atoms with E-state index in [1.54, 1.807) is 0 Å². The van der Waals surface area contributed by atoms with Crippen LogP contribution in [0.3, 0.4) is 0 Å². The van der Waals surface area contributed by atoms with Crippen molar-refractivity contribution in [1.29, 1.82) is 0 Å². The second-order valence-corrected chi connectivity index (χ2v) is 4.50. The van der Waals surface area contributed by atoms with Gasteiger partial charge in [-0.25, -0.2) is 8.78 Å². The van der Waals surface area contributed by atoms with Gasteiger partial charge in [0.2, 0.25) is 0 Å². The monoisotopic (exact) mass is 291 g/mol. The lowest BCUT2D eigenvalue weighted by molar-refractivity contribution is 0.316. The molecule has 0 saturated heterocycles. The Balaban J connectivity index is 2.15. The Hall–Kier alpha value is -2.63. The molecule has 0 heterocycles. The molecule has 21 heavy (non-hydrogen) atoms. The Bertz CT molecular complexity index is 632. The third-order valence-electron chi connectivity index (χ3n) is 3.10. The maximum atomic E-state index is 13.1. The van der Waals surface area contributed by atoms with Gasteiger partial charge in [-0.15, -0.1) is 0 Å². The summed E-state index contributed by atoms with van der Waals surface area (Å²) in [5.74, 6) is -2.18. The molecule has 4 N–H and O–H groups in total. The van der Waals surface area contributed by atoms with Crippen LogP contribution in [0, 0.1) is 11.6 Å². The van der Waals surface area contributed by atoms with Crippen molar-refractivity contribution in [3.8, 4) is 0 Å². The summed E-state index contributed by atoms with van der Waals surface area (Å²) < 4.78 is 26.0. The largest absolute Gasteiger partial charge is 0.409 e. The van der Waals surface area contributed by atoms with Crippen LogP contribution < -0.4 is 11.1 Å². The number of nitrogens with zero attached hydrogens (tertiary/aromatic N) is 1. The van der Waals surface area contributed by atoms with Crippen LogP contribution >= 0.6 is 0 Å². The summed E-state index contributed by atoms with van der Waals surface area (Å²) in [5, 5.41) is 14.8. The molecule has 110 valence electrons. The first-order valence-corrected chi connectivity index (χ1v) is 6.33. The molecule has 1 unspecified atom stereocenters. The van der Waals surface area contributed by atoms with Crippen molar-refractivity contribution in [2.75, 3.05) is 11.9 Å². The van der Waals surface area contributed by atoms with Crippen LogP contribution in [0.2, 0.25) is 0 Å². The number of hydrogen-bond donors (Lipinski definition) is 3. The number of benzene rings is 2. The van der Waals surface area contributed by atoms with Crippen LogP contribution in [0.15, 0.2) is 53.7 Å². The van der Waals surface area contributed by atoms with Crippen LogP contribution in [0.5, 0.6) is 0 Å². The lowest BCUT2D eigenvalue weighted by Gasteiger charge is -2.17. The summed E-state index contributed by atoms with van der Waals surface area (Å²) in [6.45, 7) is 0.283. The fraction of sp³-hybridized carbons (Fsp3) is 0.133. The molecule has 0 aliphatic carbocycles. The molecule has 1 atom stereocenters. The number of nitrogens with one attached hydrogen (secondary N) is 1. The minimum Gasteiger partial charge on any atom is -0.409 e. The van der Waals surface area contributed by atoms with Gasteiger partial charge in [-0.1, -0.05) is 35.5 Å². The fourth-order valence-corrected chi connectivity index (χ4v) is 1.97. The van der Waals surface area contributed by atoms with Crippen LogP contribution in [-0.2, 0) is 0 Å². The Kier molecular flexibility index (Phi) is 4.71. The molecule has 0 saturated carbocycles. The molecule has 6 heteroatoms. The van der Waals surface area contributed by atoms with Gasteiger partial charge in [0.1, 0.15) is 5.84 Å². The lowest BCUT2D eigenvalue weighted by atomic mass is 9.98. The second kappa shape index (κ2) is 6.69. The van der Waals surface area contributed by atoms with Crippen molar-refractivity contribution in [3.63, 3.8) is 0 Å². The van der Waals surface area contributed by atoms with Crippen LogP contribution in [-0.4, -0.2) is 17.6 Å². The van der Waals surface area contributed by atoms with Gasteiger partial charge in [0.05, 0.1) is 5.92 Å². The zero-order valence-electron chi connectivity index (χ0n) is 11.1.